The van der Waals surface area contributed by atoms with Crippen LogP contribution in [0.15, 0.2) is 27.4 Å². The highest BCUT2D eigenvalue weighted by Crippen LogP contribution is 2.33. The van der Waals surface area contributed by atoms with E-state index in [2.05, 4.69) is 10.1 Å². The molecule has 0 aliphatic carbocycles. The number of nitrogens with two attached hydrogens (primary N) is 1. The van der Waals surface area contributed by atoms with Crippen molar-refractivity contribution in [2.24, 2.45) is 5.73 Å². The van der Waals surface area contributed by atoms with Crippen molar-refractivity contribution in [3.8, 4) is 0 Å². The average molecular weight is 659 g/mol. The van der Waals surface area contributed by atoms with Gasteiger partial charge in [0.05, 0.1) is 12.2 Å². The number of carbonyl (C=O) groups is 5. The van der Waals surface area contributed by atoms with Crippen LogP contribution in [0, 0.1) is 0 Å². The molecule has 21 heteroatoms. The van der Waals surface area contributed by atoms with Crippen LogP contribution in [0.3, 0.4) is 0 Å². The Bertz CT molecular complexity index is 1510. The number of aliphatic carboxylic acids is 1. The lowest BCUT2D eigenvalue weighted by molar-refractivity contribution is -0.157. The van der Waals surface area contributed by atoms with Crippen molar-refractivity contribution >= 4 is 29.8 Å². The first kappa shape index (κ1) is 35.8. The Morgan fingerprint density at radius 2 is 1.83 bits per heavy atom. The Labute approximate surface area is 257 Å². The molecule has 3 rings (SSSR count). The summed E-state index contributed by atoms with van der Waals surface area (Å²) < 4.78 is 10.6. The monoisotopic (exact) mass is 658 g/mol. The predicted molar refractivity (Wildman–Crippen MR) is 147 cm³/mol. The number of aromatic nitrogens is 2. The average Bonchev–Trinajstić information content (AvgIpc) is 3.25. The maximum atomic E-state index is 13.8. The van der Waals surface area contributed by atoms with Crippen molar-refractivity contribution in [2.45, 2.75) is 75.3 Å². The molecule has 1 aromatic rings. The molecule has 0 bridgehead atoms. The van der Waals surface area contributed by atoms with E-state index in [1.165, 1.54) is 13.0 Å². The van der Waals surface area contributed by atoms with E-state index < -0.39 is 109 Å². The Morgan fingerprint density at radius 1 is 1.17 bits per heavy atom. The number of nitrogens with one attached hydrogen (secondary N) is 3. The molecule has 254 valence electrons. The third-order valence-corrected chi connectivity index (χ3v) is 7.33. The highest BCUT2D eigenvalue weighted by atomic mass is 16.6. The molecule has 4 amide bonds. The number of carbonyl (C=O) groups excluding carboxylic acids is 4. The molecular formula is C25H34N6O15. The van der Waals surface area contributed by atoms with E-state index in [4.69, 9.17) is 10.5 Å². The number of ether oxygens (including phenoxy) is 2. The molecule has 46 heavy (non-hydrogen) atoms. The smallest absolute Gasteiger partial charge is 0.404 e. The topological polar surface area (TPSA) is 333 Å². The Morgan fingerprint density at radius 3 is 2.37 bits per heavy atom. The zero-order valence-electron chi connectivity index (χ0n) is 24.3. The van der Waals surface area contributed by atoms with Gasteiger partial charge >= 0.3 is 17.8 Å². The summed E-state index contributed by atoms with van der Waals surface area (Å²) in [5.41, 5.74) is 2.68. The molecule has 2 aliphatic heterocycles. The Kier molecular flexibility index (Phi) is 11.4. The number of H-pyrrole nitrogens is 1. The minimum absolute atomic E-state index is 0.242. The molecule has 0 aromatic carbocycles. The van der Waals surface area contributed by atoms with Crippen LogP contribution in [0.5, 0.6) is 0 Å². The third kappa shape index (κ3) is 7.41. The van der Waals surface area contributed by atoms with E-state index in [-0.39, 0.29) is 12.1 Å². The van der Waals surface area contributed by atoms with Gasteiger partial charge in [-0.1, -0.05) is 6.08 Å². The van der Waals surface area contributed by atoms with Gasteiger partial charge in [0.25, 0.3) is 5.56 Å². The molecule has 1 aromatic heterocycles. The number of amides is 4. The second-order valence-corrected chi connectivity index (χ2v) is 10.4. The number of hydrogen-bond acceptors (Lipinski definition) is 14. The number of aromatic amines is 1. The molecule has 2 saturated heterocycles. The summed E-state index contributed by atoms with van der Waals surface area (Å²) >= 11 is 0. The lowest BCUT2D eigenvalue weighted by atomic mass is 9.92. The van der Waals surface area contributed by atoms with Crippen molar-refractivity contribution in [3.05, 3.63) is 44.2 Å². The minimum atomic E-state index is -2.20. The van der Waals surface area contributed by atoms with Crippen LogP contribution in [-0.2, 0) is 35.3 Å². The third-order valence-electron chi connectivity index (χ3n) is 7.33. The van der Waals surface area contributed by atoms with Gasteiger partial charge in [0.2, 0.25) is 17.7 Å². The quantitative estimate of drug-likeness (QED) is 0.0934. The number of allylic oxidation sites excluding steroid dienone is 1. The SMILES string of the molecule is C/C=C1\CN(C(=O)[C@@H](NC(=O)[C@@H](NC(C)=O)[C@H](O)[C@@H](O)COC(N)=O)[C@H]2O[C@@H](n3cc(CO)c(=O)[nH]c3=O)[C@H](O)[C@@H]2O)[C@@H]1C(=O)O. The maximum Gasteiger partial charge on any atom is 0.404 e. The molecule has 11 N–H and O–H groups in total. The summed E-state index contributed by atoms with van der Waals surface area (Å²) in [4.78, 5) is 89.1. The number of rotatable bonds is 12. The van der Waals surface area contributed by atoms with Crippen LogP contribution in [0.4, 0.5) is 4.79 Å². The predicted octanol–water partition coefficient (Wildman–Crippen LogP) is -6.30. The van der Waals surface area contributed by atoms with Crippen molar-refractivity contribution in [1.82, 2.24) is 25.1 Å². The lowest BCUT2D eigenvalue weighted by Crippen LogP contribution is -2.67. The van der Waals surface area contributed by atoms with Crippen molar-refractivity contribution < 1.29 is 64.1 Å². The summed E-state index contributed by atoms with van der Waals surface area (Å²) in [6.45, 7) is 0.444. The van der Waals surface area contributed by atoms with Crippen LogP contribution in [0.25, 0.3) is 0 Å². The number of hydrogen-bond donors (Lipinski definition) is 10. The first-order valence-electron chi connectivity index (χ1n) is 13.5. The van der Waals surface area contributed by atoms with E-state index in [1.54, 1.807) is 0 Å². The zero-order valence-corrected chi connectivity index (χ0v) is 24.3. The lowest BCUT2D eigenvalue weighted by Gasteiger charge is -2.43. The normalized spacial score (nSPS) is 25.9. The van der Waals surface area contributed by atoms with E-state index in [0.717, 1.165) is 18.0 Å². The fraction of sp³-hybridized carbons (Fsp3) is 0.560. The van der Waals surface area contributed by atoms with Gasteiger partial charge in [-0.15, -0.1) is 0 Å². The standard InChI is InChI=1S/C25H34N6O15/c1-3-9-4-30(14(9)23(41)42)21(40)13(28-20(39)12(27-8(2)33)15(35)11(34)7-45-24(26)43)18-16(36)17(37)22(46-18)31-5-10(6-32)19(38)29-25(31)44/h3,5,11-18,22,32,34-37H,4,6-7H2,1-2H3,(H2,26,43)(H,27,33)(H,28,39)(H,41,42)(H,29,38,44)/b9-3+/t11-,12-,13-,14-,15+,16-,17+,18+,22+/m0/s1. The minimum Gasteiger partial charge on any atom is -0.479 e. The molecule has 0 radical (unpaired) electrons. The molecule has 2 fully saturated rings. The summed E-state index contributed by atoms with van der Waals surface area (Å²) in [6.07, 6.45) is -11.2. The number of nitrogens with zero attached hydrogens (tertiary/aromatic N) is 2. The maximum absolute atomic E-state index is 13.8. The molecule has 0 spiro atoms. The van der Waals surface area contributed by atoms with Crippen molar-refractivity contribution in [2.75, 3.05) is 13.2 Å². The summed E-state index contributed by atoms with van der Waals surface area (Å²) in [5.74, 6) is -4.94. The summed E-state index contributed by atoms with van der Waals surface area (Å²) in [7, 11) is 0. The second-order valence-electron chi connectivity index (χ2n) is 10.4. The largest absolute Gasteiger partial charge is 0.479 e. The second kappa shape index (κ2) is 14.6. The molecule has 0 unspecified atom stereocenters. The van der Waals surface area contributed by atoms with Crippen molar-refractivity contribution in [3.63, 3.8) is 0 Å². The molecule has 21 nitrogen and oxygen atoms in total. The zero-order chi connectivity index (χ0) is 34.6. The number of likely N-dealkylation sites (tertiary alicyclic amines) is 1. The van der Waals surface area contributed by atoms with E-state index >= 15 is 0 Å². The van der Waals surface area contributed by atoms with Gasteiger partial charge in [-0.3, -0.25) is 28.7 Å². The molecule has 0 saturated carbocycles. The summed E-state index contributed by atoms with van der Waals surface area (Å²) in [5, 5.41) is 65.9. The van der Waals surface area contributed by atoms with Gasteiger partial charge < -0.3 is 61.4 Å². The number of carboxylic acids is 1. The number of primary amides is 1. The number of aliphatic hydroxyl groups is 5. The first-order valence-corrected chi connectivity index (χ1v) is 13.5. The van der Waals surface area contributed by atoms with E-state index in [0.29, 0.717) is 10.1 Å². The number of carboxylic acid groups (broad SMARTS) is 1. The number of aliphatic hydroxyl groups excluding tert-OH is 5. The summed E-state index contributed by atoms with van der Waals surface area (Å²) in [6, 6.07) is -5.65. The highest BCUT2D eigenvalue weighted by molar-refractivity contribution is 5.96. The van der Waals surface area contributed by atoms with Crippen LogP contribution >= 0.6 is 0 Å². The van der Waals surface area contributed by atoms with E-state index in [9.17, 15) is 64.2 Å². The molecule has 9 atom stereocenters. The van der Waals surface area contributed by atoms with Crippen LogP contribution in [-0.4, -0.2) is 137 Å². The Hall–Kier alpha value is -4.67. The molecule has 3 heterocycles. The van der Waals surface area contributed by atoms with Gasteiger partial charge in [-0.25, -0.2) is 14.4 Å². The van der Waals surface area contributed by atoms with Gasteiger partial charge in [-0.2, -0.15) is 0 Å². The van der Waals surface area contributed by atoms with Crippen molar-refractivity contribution in [1.29, 1.82) is 0 Å². The fourth-order valence-electron chi connectivity index (χ4n) is 4.95. The van der Waals surface area contributed by atoms with Gasteiger partial charge in [0, 0.05) is 19.7 Å². The van der Waals surface area contributed by atoms with Gasteiger partial charge in [0.15, 0.2) is 12.3 Å². The van der Waals surface area contributed by atoms with E-state index in [1.807, 2.05) is 10.3 Å². The van der Waals surface area contributed by atoms with Crippen LogP contribution in [0.1, 0.15) is 25.6 Å². The Balaban J connectivity index is 2.03. The fourth-order valence-corrected chi connectivity index (χ4v) is 4.95. The first-order chi connectivity index (χ1) is 21.5. The van der Waals surface area contributed by atoms with Crippen LogP contribution in [0.2, 0.25) is 0 Å². The molecular weight excluding hydrogens is 624 g/mol. The highest BCUT2D eigenvalue weighted by Gasteiger charge is 2.54. The molecule has 2 aliphatic rings. The van der Waals surface area contributed by atoms with Crippen LogP contribution < -0.4 is 27.6 Å². The van der Waals surface area contributed by atoms with Gasteiger partial charge in [0.1, 0.15) is 49.2 Å². The van der Waals surface area contributed by atoms with Gasteiger partial charge in [-0.05, 0) is 12.5 Å².